The van der Waals surface area contributed by atoms with Gasteiger partial charge in [-0.2, -0.15) is 0 Å². The van der Waals surface area contributed by atoms with Crippen molar-refractivity contribution in [1.82, 2.24) is 0 Å². The number of hydrogen-bond donors (Lipinski definition) is 0. The van der Waals surface area contributed by atoms with Crippen LogP contribution in [0.4, 0.5) is 0 Å². The summed E-state index contributed by atoms with van der Waals surface area (Å²) in [5, 5.41) is 0. The third kappa shape index (κ3) is 58.8. The lowest BCUT2D eigenvalue weighted by atomic mass is 10.0. The zero-order valence-corrected chi connectivity index (χ0v) is 47.6. The predicted molar refractivity (Wildman–Crippen MR) is 316 cm³/mol. The maximum Gasteiger partial charge on any atom is 0.306 e. The van der Waals surface area contributed by atoms with E-state index in [4.69, 9.17) is 14.2 Å². The van der Waals surface area contributed by atoms with Gasteiger partial charge in [0.25, 0.3) is 0 Å². The highest BCUT2D eigenvalue weighted by molar-refractivity contribution is 5.71. The summed E-state index contributed by atoms with van der Waals surface area (Å²) in [6, 6.07) is 0. The van der Waals surface area contributed by atoms with Crippen molar-refractivity contribution in [2.24, 2.45) is 0 Å². The summed E-state index contributed by atoms with van der Waals surface area (Å²) >= 11 is 0. The standard InChI is InChI=1S/C67H112O6/c1-4-7-10-13-16-19-22-25-27-28-29-30-31-32-33-34-35-36-37-38-39-40-41-43-45-48-51-54-57-60-66(69)72-63-64(62-71-65(68)59-56-53-50-47-44-24-21-18-15-12-9-6-3)73-67(70)61-58-55-52-49-46-42-26-23-20-17-14-11-8-5-2/h7,10,16,18-19,21,25,27,29-30,32-33,35-36,38-39,41,43,64H,4-6,8-9,11-15,17,20,22-24,26,28,31,34,37,40,42,44-63H2,1-3H3/b10-7-,19-16-,21-18-,27-25-,30-29-,33-32-,36-35-,39-38-,43-41-. The van der Waals surface area contributed by atoms with Crippen molar-refractivity contribution in [1.29, 1.82) is 0 Å². The molecule has 0 aromatic rings. The molecule has 1 atom stereocenters. The van der Waals surface area contributed by atoms with Crippen LogP contribution in [-0.2, 0) is 28.6 Å². The molecule has 0 spiro atoms. The smallest absolute Gasteiger partial charge is 0.306 e. The Labute approximate surface area is 450 Å². The van der Waals surface area contributed by atoms with Gasteiger partial charge >= 0.3 is 17.9 Å². The summed E-state index contributed by atoms with van der Waals surface area (Å²) in [7, 11) is 0. The van der Waals surface area contributed by atoms with Crippen molar-refractivity contribution in [3.05, 3.63) is 109 Å². The zero-order chi connectivity index (χ0) is 52.9. The fourth-order valence-corrected chi connectivity index (χ4v) is 8.22. The van der Waals surface area contributed by atoms with Crippen LogP contribution in [0.5, 0.6) is 0 Å². The molecule has 6 nitrogen and oxygen atoms in total. The minimum Gasteiger partial charge on any atom is -0.462 e. The molecule has 1 unspecified atom stereocenters. The van der Waals surface area contributed by atoms with E-state index in [-0.39, 0.29) is 31.1 Å². The largest absolute Gasteiger partial charge is 0.462 e. The number of unbranched alkanes of at least 4 members (excludes halogenated alkanes) is 25. The van der Waals surface area contributed by atoms with E-state index in [0.29, 0.717) is 19.3 Å². The van der Waals surface area contributed by atoms with Gasteiger partial charge < -0.3 is 14.2 Å². The molecule has 0 aliphatic rings. The number of hydrogen-bond acceptors (Lipinski definition) is 6. The molecule has 0 saturated carbocycles. The second-order valence-corrected chi connectivity index (χ2v) is 19.9. The Morgan fingerprint density at radius 3 is 0.877 bits per heavy atom. The molecule has 416 valence electrons. The highest BCUT2D eigenvalue weighted by Crippen LogP contribution is 2.15. The molecule has 0 radical (unpaired) electrons. The van der Waals surface area contributed by atoms with Crippen molar-refractivity contribution in [3.63, 3.8) is 0 Å². The maximum absolute atomic E-state index is 12.8. The van der Waals surface area contributed by atoms with Crippen LogP contribution in [-0.4, -0.2) is 37.2 Å². The molecule has 6 heteroatoms. The van der Waals surface area contributed by atoms with Crippen LogP contribution < -0.4 is 0 Å². The Hall–Kier alpha value is -3.93. The van der Waals surface area contributed by atoms with Crippen molar-refractivity contribution in [3.8, 4) is 0 Å². The first-order valence-corrected chi connectivity index (χ1v) is 30.4. The van der Waals surface area contributed by atoms with Gasteiger partial charge in [0.1, 0.15) is 13.2 Å². The quantitative estimate of drug-likeness (QED) is 0.0261. The zero-order valence-electron chi connectivity index (χ0n) is 47.6. The molecular weight excluding hydrogens is 901 g/mol. The molecule has 0 heterocycles. The van der Waals surface area contributed by atoms with Gasteiger partial charge in [0, 0.05) is 19.3 Å². The van der Waals surface area contributed by atoms with Crippen LogP contribution in [0.1, 0.15) is 278 Å². The van der Waals surface area contributed by atoms with E-state index in [1.807, 2.05) is 0 Å². The summed E-state index contributed by atoms with van der Waals surface area (Å²) in [4.78, 5) is 38.1. The molecular formula is C67H112O6. The SMILES string of the molecule is CC/C=C\C/C=C\C/C=C\C/C=C\C/C=C\C/C=C\C/C=C\C/C=C\CCCCCCC(=O)OCC(COC(=O)CCCCCCC/C=C\CCCCC)OC(=O)CCCCCCCCCCCCCCCC. The van der Waals surface area contributed by atoms with Crippen LogP contribution in [0.15, 0.2) is 109 Å². The van der Waals surface area contributed by atoms with Gasteiger partial charge in [-0.15, -0.1) is 0 Å². The minimum absolute atomic E-state index is 0.0893. The topological polar surface area (TPSA) is 78.9 Å². The molecule has 0 fully saturated rings. The summed E-state index contributed by atoms with van der Waals surface area (Å²) in [5.74, 6) is -0.919. The molecule has 0 amide bonds. The lowest BCUT2D eigenvalue weighted by molar-refractivity contribution is -0.167. The Morgan fingerprint density at radius 1 is 0.288 bits per heavy atom. The first kappa shape index (κ1) is 69.1. The molecule has 0 bridgehead atoms. The van der Waals surface area contributed by atoms with E-state index in [0.717, 1.165) is 128 Å². The lowest BCUT2D eigenvalue weighted by Gasteiger charge is -2.18. The van der Waals surface area contributed by atoms with Gasteiger partial charge in [0.15, 0.2) is 6.10 Å². The Bertz CT molecular complexity index is 1490. The van der Waals surface area contributed by atoms with E-state index in [9.17, 15) is 14.4 Å². The van der Waals surface area contributed by atoms with Crippen molar-refractivity contribution in [2.75, 3.05) is 13.2 Å². The van der Waals surface area contributed by atoms with Crippen LogP contribution in [0.3, 0.4) is 0 Å². The molecule has 0 saturated heterocycles. The van der Waals surface area contributed by atoms with E-state index >= 15 is 0 Å². The third-order valence-corrected chi connectivity index (χ3v) is 12.8. The highest BCUT2D eigenvalue weighted by atomic mass is 16.6. The first-order chi connectivity index (χ1) is 36.0. The van der Waals surface area contributed by atoms with Crippen molar-refractivity contribution in [2.45, 2.75) is 284 Å². The fourth-order valence-electron chi connectivity index (χ4n) is 8.22. The summed E-state index contributed by atoms with van der Waals surface area (Å²) in [5.41, 5.74) is 0. The van der Waals surface area contributed by atoms with Crippen LogP contribution >= 0.6 is 0 Å². The van der Waals surface area contributed by atoms with Crippen LogP contribution in [0.25, 0.3) is 0 Å². The van der Waals surface area contributed by atoms with E-state index in [2.05, 4.69) is 130 Å². The number of ether oxygens (including phenoxy) is 3. The van der Waals surface area contributed by atoms with E-state index in [1.54, 1.807) is 0 Å². The fraction of sp³-hybridized carbons (Fsp3) is 0.687. The second-order valence-electron chi connectivity index (χ2n) is 19.9. The van der Waals surface area contributed by atoms with E-state index < -0.39 is 6.10 Å². The maximum atomic E-state index is 12.8. The van der Waals surface area contributed by atoms with Gasteiger partial charge in [-0.1, -0.05) is 259 Å². The Morgan fingerprint density at radius 2 is 0.534 bits per heavy atom. The van der Waals surface area contributed by atoms with Gasteiger partial charge in [0.2, 0.25) is 0 Å². The monoisotopic (exact) mass is 1010 g/mol. The number of carbonyl (C=O) groups excluding carboxylic acids is 3. The lowest BCUT2D eigenvalue weighted by Crippen LogP contribution is -2.30. The third-order valence-electron chi connectivity index (χ3n) is 12.8. The first-order valence-electron chi connectivity index (χ1n) is 30.4. The van der Waals surface area contributed by atoms with Crippen molar-refractivity contribution >= 4 is 17.9 Å². The summed E-state index contributed by atoms with van der Waals surface area (Å²) in [6.07, 6.45) is 82.3. The van der Waals surface area contributed by atoms with Gasteiger partial charge in [-0.3, -0.25) is 14.4 Å². The predicted octanol–water partition coefficient (Wildman–Crippen LogP) is 20.7. The number of carbonyl (C=O) groups is 3. The van der Waals surface area contributed by atoms with Gasteiger partial charge in [-0.25, -0.2) is 0 Å². The molecule has 0 aromatic carbocycles. The van der Waals surface area contributed by atoms with E-state index in [1.165, 1.54) is 109 Å². The van der Waals surface area contributed by atoms with Crippen LogP contribution in [0, 0.1) is 0 Å². The Balaban J connectivity index is 4.34. The minimum atomic E-state index is -0.791. The molecule has 0 aliphatic carbocycles. The van der Waals surface area contributed by atoms with Crippen LogP contribution in [0.2, 0.25) is 0 Å². The second kappa shape index (κ2) is 60.6. The van der Waals surface area contributed by atoms with Gasteiger partial charge in [-0.05, 0) is 109 Å². The average molecular weight is 1010 g/mol. The Kier molecular flexibility index (Phi) is 57.4. The average Bonchev–Trinajstić information content (AvgIpc) is 3.39. The molecule has 0 aliphatic heterocycles. The molecule has 0 aromatic heterocycles. The summed E-state index contributed by atoms with van der Waals surface area (Å²) < 4.78 is 16.8. The molecule has 0 N–H and O–H groups in total. The molecule has 73 heavy (non-hydrogen) atoms. The number of rotatable bonds is 54. The van der Waals surface area contributed by atoms with Gasteiger partial charge in [0.05, 0.1) is 0 Å². The highest BCUT2D eigenvalue weighted by Gasteiger charge is 2.19. The normalized spacial score (nSPS) is 12.9. The van der Waals surface area contributed by atoms with Crippen molar-refractivity contribution < 1.29 is 28.6 Å². The number of allylic oxidation sites excluding steroid dienone is 18. The number of esters is 3. The summed E-state index contributed by atoms with van der Waals surface area (Å²) in [6.45, 7) is 6.48. The molecule has 0 rings (SSSR count).